The molecule has 0 spiro atoms. The molecule has 98 valence electrons. The van der Waals surface area contributed by atoms with E-state index in [9.17, 15) is 4.79 Å². The lowest BCUT2D eigenvalue weighted by Gasteiger charge is -2.27. The van der Waals surface area contributed by atoms with Gasteiger partial charge in [-0.15, -0.1) is 0 Å². The molecule has 0 aromatic carbocycles. The average Bonchev–Trinajstić information content (AvgIpc) is 2.40. The van der Waals surface area contributed by atoms with E-state index in [2.05, 4.69) is 15.2 Å². The number of hydrogen-bond donors (Lipinski definition) is 1. The normalized spacial score (nSPS) is 15.3. The van der Waals surface area contributed by atoms with Gasteiger partial charge in [0.05, 0.1) is 25.1 Å². The number of ether oxygens (including phenoxy) is 1. The molecule has 1 saturated heterocycles. The molecule has 2 heterocycles. The summed E-state index contributed by atoms with van der Waals surface area (Å²) in [4.78, 5) is 19.5. The van der Waals surface area contributed by atoms with Crippen LogP contribution in [0.5, 0.6) is 0 Å². The van der Waals surface area contributed by atoms with E-state index in [1.807, 2.05) is 12.1 Å². The SMILES string of the molecule is CN(C)C(=O)Nc1ccc(N2CCOCC2)nc1. The number of urea groups is 1. The maximum absolute atomic E-state index is 11.5. The van der Waals surface area contributed by atoms with Gasteiger partial charge in [-0.25, -0.2) is 9.78 Å². The zero-order chi connectivity index (χ0) is 13.0. The predicted molar refractivity (Wildman–Crippen MR) is 70.0 cm³/mol. The van der Waals surface area contributed by atoms with Crippen LogP contribution in [0.3, 0.4) is 0 Å². The minimum absolute atomic E-state index is 0.157. The molecule has 1 aromatic heterocycles. The standard InChI is InChI=1S/C12H18N4O2/c1-15(2)12(17)14-10-3-4-11(13-9-10)16-5-7-18-8-6-16/h3-4,9H,5-8H2,1-2H3,(H,14,17). The Morgan fingerprint density at radius 1 is 1.39 bits per heavy atom. The molecule has 6 nitrogen and oxygen atoms in total. The highest BCUT2D eigenvalue weighted by Gasteiger charge is 2.12. The van der Waals surface area contributed by atoms with E-state index in [-0.39, 0.29) is 6.03 Å². The third kappa shape index (κ3) is 3.10. The summed E-state index contributed by atoms with van der Waals surface area (Å²) in [5.41, 5.74) is 0.700. The van der Waals surface area contributed by atoms with E-state index in [1.54, 1.807) is 20.3 Å². The molecule has 1 fully saturated rings. The topological polar surface area (TPSA) is 57.7 Å². The molecule has 0 saturated carbocycles. The van der Waals surface area contributed by atoms with Gasteiger partial charge in [0.2, 0.25) is 0 Å². The Kier molecular flexibility index (Phi) is 3.99. The van der Waals surface area contributed by atoms with Gasteiger partial charge in [0.1, 0.15) is 5.82 Å². The van der Waals surface area contributed by atoms with Crippen LogP contribution in [-0.4, -0.2) is 56.3 Å². The summed E-state index contributed by atoms with van der Waals surface area (Å²) in [5, 5.41) is 2.75. The first-order valence-electron chi connectivity index (χ1n) is 5.94. The van der Waals surface area contributed by atoms with Crippen molar-refractivity contribution in [2.45, 2.75) is 0 Å². The number of hydrogen-bond acceptors (Lipinski definition) is 4. The van der Waals surface area contributed by atoms with Gasteiger partial charge in [-0.2, -0.15) is 0 Å². The fourth-order valence-corrected chi connectivity index (χ4v) is 1.67. The zero-order valence-corrected chi connectivity index (χ0v) is 10.7. The lowest BCUT2D eigenvalue weighted by molar-refractivity contribution is 0.122. The molecule has 1 aliphatic heterocycles. The van der Waals surface area contributed by atoms with E-state index >= 15 is 0 Å². The van der Waals surface area contributed by atoms with Gasteiger partial charge in [0.25, 0.3) is 0 Å². The molecular formula is C12H18N4O2. The predicted octanol–water partition coefficient (Wildman–Crippen LogP) is 1.01. The van der Waals surface area contributed by atoms with Crippen LogP contribution in [0.2, 0.25) is 0 Å². The van der Waals surface area contributed by atoms with Gasteiger partial charge >= 0.3 is 6.03 Å². The first kappa shape index (κ1) is 12.6. The number of carbonyl (C=O) groups is 1. The molecular weight excluding hydrogens is 232 g/mol. The Morgan fingerprint density at radius 3 is 2.67 bits per heavy atom. The van der Waals surface area contributed by atoms with E-state index < -0.39 is 0 Å². The van der Waals surface area contributed by atoms with Crippen LogP contribution < -0.4 is 10.2 Å². The Bertz CT molecular complexity index is 399. The van der Waals surface area contributed by atoms with Crippen molar-refractivity contribution in [3.05, 3.63) is 18.3 Å². The monoisotopic (exact) mass is 250 g/mol. The third-order valence-corrected chi connectivity index (χ3v) is 2.74. The summed E-state index contributed by atoms with van der Waals surface area (Å²) < 4.78 is 5.29. The maximum Gasteiger partial charge on any atom is 0.321 e. The Hall–Kier alpha value is -1.82. The second-order valence-electron chi connectivity index (χ2n) is 4.33. The summed E-state index contributed by atoms with van der Waals surface area (Å²) >= 11 is 0. The first-order valence-corrected chi connectivity index (χ1v) is 5.94. The molecule has 2 amide bonds. The van der Waals surface area contributed by atoms with E-state index in [0.717, 1.165) is 32.1 Å². The number of nitrogens with zero attached hydrogens (tertiary/aromatic N) is 3. The summed E-state index contributed by atoms with van der Waals surface area (Å²) in [6.07, 6.45) is 1.67. The lowest BCUT2D eigenvalue weighted by Crippen LogP contribution is -2.36. The zero-order valence-electron chi connectivity index (χ0n) is 10.7. The number of carbonyl (C=O) groups excluding carboxylic acids is 1. The summed E-state index contributed by atoms with van der Waals surface area (Å²) in [7, 11) is 3.40. The van der Waals surface area contributed by atoms with Crippen molar-refractivity contribution in [3.8, 4) is 0 Å². The number of morpholine rings is 1. The highest BCUT2D eigenvalue weighted by molar-refractivity contribution is 5.88. The molecule has 2 rings (SSSR count). The molecule has 0 radical (unpaired) electrons. The first-order chi connectivity index (χ1) is 8.66. The molecule has 6 heteroatoms. The molecule has 0 unspecified atom stereocenters. The van der Waals surface area contributed by atoms with E-state index in [0.29, 0.717) is 5.69 Å². The minimum atomic E-state index is -0.157. The highest BCUT2D eigenvalue weighted by atomic mass is 16.5. The van der Waals surface area contributed by atoms with Crippen LogP contribution in [0, 0.1) is 0 Å². The number of nitrogens with one attached hydrogen (secondary N) is 1. The average molecular weight is 250 g/mol. The van der Waals surface area contributed by atoms with Crippen molar-refractivity contribution < 1.29 is 9.53 Å². The van der Waals surface area contributed by atoms with Crippen molar-refractivity contribution in [1.29, 1.82) is 0 Å². The molecule has 18 heavy (non-hydrogen) atoms. The highest BCUT2D eigenvalue weighted by Crippen LogP contribution is 2.15. The van der Waals surface area contributed by atoms with E-state index in [4.69, 9.17) is 4.74 Å². The minimum Gasteiger partial charge on any atom is -0.378 e. The van der Waals surface area contributed by atoms with E-state index in [1.165, 1.54) is 4.90 Å². The van der Waals surface area contributed by atoms with Crippen molar-refractivity contribution >= 4 is 17.5 Å². The Balaban J connectivity index is 1.98. The third-order valence-electron chi connectivity index (χ3n) is 2.74. The second kappa shape index (κ2) is 5.68. The van der Waals surface area contributed by atoms with Crippen LogP contribution in [-0.2, 0) is 4.74 Å². The quantitative estimate of drug-likeness (QED) is 0.851. The van der Waals surface area contributed by atoms with Crippen LogP contribution >= 0.6 is 0 Å². The summed E-state index contributed by atoms with van der Waals surface area (Å²) in [5.74, 6) is 0.918. The van der Waals surface area contributed by atoms with Crippen LogP contribution in [0.25, 0.3) is 0 Å². The fourth-order valence-electron chi connectivity index (χ4n) is 1.67. The number of aromatic nitrogens is 1. The molecule has 0 aliphatic carbocycles. The van der Waals surface area contributed by atoms with Crippen LogP contribution in [0.4, 0.5) is 16.3 Å². The smallest absolute Gasteiger partial charge is 0.321 e. The number of pyridine rings is 1. The molecule has 1 aromatic rings. The van der Waals surface area contributed by atoms with Gasteiger partial charge in [0.15, 0.2) is 0 Å². The van der Waals surface area contributed by atoms with Crippen LogP contribution in [0.1, 0.15) is 0 Å². The molecule has 0 atom stereocenters. The number of amides is 2. The maximum atomic E-state index is 11.5. The van der Waals surface area contributed by atoms with Crippen molar-refractivity contribution in [1.82, 2.24) is 9.88 Å². The summed E-state index contributed by atoms with van der Waals surface area (Å²) in [6, 6.07) is 3.62. The Morgan fingerprint density at radius 2 is 2.11 bits per heavy atom. The van der Waals surface area contributed by atoms with Gasteiger partial charge in [-0.1, -0.05) is 0 Å². The van der Waals surface area contributed by atoms with Gasteiger partial charge in [-0.3, -0.25) is 0 Å². The molecule has 1 N–H and O–H groups in total. The molecule has 0 bridgehead atoms. The lowest BCUT2D eigenvalue weighted by atomic mass is 10.3. The van der Waals surface area contributed by atoms with Gasteiger partial charge in [-0.05, 0) is 12.1 Å². The number of anilines is 2. The largest absolute Gasteiger partial charge is 0.378 e. The van der Waals surface area contributed by atoms with Crippen LogP contribution in [0.15, 0.2) is 18.3 Å². The molecule has 1 aliphatic rings. The van der Waals surface area contributed by atoms with Crippen molar-refractivity contribution in [2.24, 2.45) is 0 Å². The van der Waals surface area contributed by atoms with Crippen molar-refractivity contribution in [2.75, 3.05) is 50.6 Å². The van der Waals surface area contributed by atoms with Crippen molar-refractivity contribution in [3.63, 3.8) is 0 Å². The summed E-state index contributed by atoms with van der Waals surface area (Å²) in [6.45, 7) is 3.19. The Labute approximate surface area is 107 Å². The van der Waals surface area contributed by atoms with Gasteiger partial charge in [0, 0.05) is 27.2 Å². The number of rotatable bonds is 2. The second-order valence-corrected chi connectivity index (χ2v) is 4.33. The fraction of sp³-hybridized carbons (Fsp3) is 0.500. The van der Waals surface area contributed by atoms with Gasteiger partial charge < -0.3 is 19.9 Å².